The van der Waals surface area contributed by atoms with Gasteiger partial charge < -0.3 is 19.8 Å². The third-order valence-corrected chi connectivity index (χ3v) is 5.93. The highest BCUT2D eigenvalue weighted by atomic mass is 16.5. The van der Waals surface area contributed by atoms with Crippen LogP contribution in [0.2, 0.25) is 0 Å². The molecular formula is C26H29N3O2. The van der Waals surface area contributed by atoms with Gasteiger partial charge in [0.05, 0.1) is 11.8 Å². The minimum absolute atomic E-state index is 0.311. The molecule has 160 valence electrons. The van der Waals surface area contributed by atoms with E-state index in [4.69, 9.17) is 15.2 Å². The number of nitrogens with zero attached hydrogens (tertiary/aromatic N) is 2. The summed E-state index contributed by atoms with van der Waals surface area (Å²) < 4.78 is 13.7. The first kappa shape index (κ1) is 21.0. The molecule has 31 heavy (non-hydrogen) atoms. The van der Waals surface area contributed by atoms with Crippen molar-refractivity contribution in [2.75, 3.05) is 12.3 Å². The zero-order valence-electron chi connectivity index (χ0n) is 18.0. The number of anilines is 1. The number of nitriles is 1. The number of ether oxygens (including phenoxy) is 2. The molecule has 2 aromatic carbocycles. The lowest BCUT2D eigenvalue weighted by Gasteiger charge is -2.35. The van der Waals surface area contributed by atoms with Crippen LogP contribution in [0.5, 0.6) is 5.75 Å². The SMILES string of the molecule is CCCCO[C@H]1C[C@@H](c2cn(-c3ccc(OCc4ccccc4)cc3)c(C#N)c2N)C1. The zero-order valence-corrected chi connectivity index (χ0v) is 18.0. The quantitative estimate of drug-likeness (QED) is 0.464. The van der Waals surface area contributed by atoms with Gasteiger partial charge in [0.2, 0.25) is 0 Å². The summed E-state index contributed by atoms with van der Waals surface area (Å²) in [5.41, 5.74) is 10.5. The molecule has 0 spiro atoms. The number of unbranched alkanes of at least 4 members (excludes halogenated alkanes) is 1. The number of benzene rings is 2. The Kier molecular flexibility index (Phi) is 6.59. The van der Waals surface area contributed by atoms with Crippen LogP contribution >= 0.6 is 0 Å². The molecule has 1 fully saturated rings. The van der Waals surface area contributed by atoms with E-state index in [1.54, 1.807) is 0 Å². The van der Waals surface area contributed by atoms with Gasteiger partial charge in [0.25, 0.3) is 0 Å². The summed E-state index contributed by atoms with van der Waals surface area (Å²) in [6, 6.07) is 20.1. The Morgan fingerprint density at radius 3 is 2.52 bits per heavy atom. The highest BCUT2D eigenvalue weighted by molar-refractivity contribution is 5.62. The van der Waals surface area contributed by atoms with Gasteiger partial charge in [-0.2, -0.15) is 5.26 Å². The standard InChI is InChI=1S/C26H29N3O2/c1-2-3-13-30-23-14-20(15-23)24-17-29(25(16-27)26(24)28)21-9-11-22(12-10-21)31-18-19-7-5-4-6-8-19/h4-12,17,20,23H,2-3,13-15,18,28H2,1H3/t20-,23+. The highest BCUT2D eigenvalue weighted by Gasteiger charge is 2.34. The van der Waals surface area contributed by atoms with Crippen LogP contribution in [0.1, 0.15) is 55.3 Å². The predicted molar refractivity (Wildman–Crippen MR) is 122 cm³/mol. The highest BCUT2D eigenvalue weighted by Crippen LogP contribution is 2.43. The van der Waals surface area contributed by atoms with Crippen LogP contribution in [0.25, 0.3) is 5.69 Å². The van der Waals surface area contributed by atoms with Gasteiger partial charge in [-0.05, 0) is 60.6 Å². The van der Waals surface area contributed by atoms with E-state index in [2.05, 4.69) is 13.0 Å². The number of aromatic nitrogens is 1. The number of hydrogen-bond acceptors (Lipinski definition) is 4. The van der Waals surface area contributed by atoms with Crippen molar-refractivity contribution in [1.82, 2.24) is 4.57 Å². The van der Waals surface area contributed by atoms with E-state index in [-0.39, 0.29) is 0 Å². The third-order valence-electron chi connectivity index (χ3n) is 5.93. The minimum Gasteiger partial charge on any atom is -0.489 e. The first-order valence-electron chi connectivity index (χ1n) is 11.0. The molecular weight excluding hydrogens is 386 g/mol. The van der Waals surface area contributed by atoms with Crippen molar-refractivity contribution in [3.8, 4) is 17.5 Å². The smallest absolute Gasteiger partial charge is 0.148 e. The van der Waals surface area contributed by atoms with Crippen LogP contribution in [0.4, 0.5) is 5.69 Å². The van der Waals surface area contributed by atoms with Crippen molar-refractivity contribution in [3.05, 3.63) is 77.6 Å². The molecule has 4 rings (SSSR count). The van der Waals surface area contributed by atoms with Crippen molar-refractivity contribution in [2.45, 2.75) is 51.2 Å². The van der Waals surface area contributed by atoms with E-state index in [1.165, 1.54) is 0 Å². The summed E-state index contributed by atoms with van der Waals surface area (Å²) in [5.74, 6) is 1.14. The van der Waals surface area contributed by atoms with Gasteiger partial charge >= 0.3 is 0 Å². The largest absolute Gasteiger partial charge is 0.489 e. The Hall–Kier alpha value is -3.23. The van der Waals surface area contributed by atoms with E-state index < -0.39 is 0 Å². The molecule has 2 N–H and O–H groups in total. The van der Waals surface area contributed by atoms with Gasteiger partial charge in [-0.3, -0.25) is 0 Å². The summed E-state index contributed by atoms with van der Waals surface area (Å²) in [4.78, 5) is 0. The topological polar surface area (TPSA) is 73.2 Å². The normalized spacial score (nSPS) is 17.7. The molecule has 1 heterocycles. The van der Waals surface area contributed by atoms with Crippen LogP contribution in [0, 0.1) is 11.3 Å². The maximum atomic E-state index is 9.71. The molecule has 5 heteroatoms. The third kappa shape index (κ3) is 4.76. The van der Waals surface area contributed by atoms with Crippen molar-refractivity contribution in [1.29, 1.82) is 5.26 Å². The fourth-order valence-electron chi connectivity index (χ4n) is 3.98. The van der Waals surface area contributed by atoms with Gasteiger partial charge in [-0.1, -0.05) is 43.7 Å². The van der Waals surface area contributed by atoms with E-state index >= 15 is 0 Å². The van der Waals surface area contributed by atoms with Crippen molar-refractivity contribution in [2.24, 2.45) is 0 Å². The maximum absolute atomic E-state index is 9.71. The summed E-state index contributed by atoms with van der Waals surface area (Å²) in [7, 11) is 0. The number of nitrogens with two attached hydrogens (primary N) is 1. The average Bonchev–Trinajstić information content (AvgIpc) is 3.10. The fourth-order valence-corrected chi connectivity index (χ4v) is 3.98. The Balaban J connectivity index is 1.43. The number of nitrogen functional groups attached to an aromatic ring is 1. The van der Waals surface area contributed by atoms with E-state index in [0.29, 0.717) is 30.0 Å². The molecule has 1 saturated carbocycles. The van der Waals surface area contributed by atoms with Crippen LogP contribution in [-0.4, -0.2) is 17.3 Å². The lowest BCUT2D eigenvalue weighted by atomic mass is 9.78. The Labute approximate surface area is 184 Å². The molecule has 0 atom stereocenters. The molecule has 0 aliphatic heterocycles. The molecule has 1 aromatic heterocycles. The predicted octanol–water partition coefficient (Wildman–Crippen LogP) is 5.57. The first-order chi connectivity index (χ1) is 15.2. The molecule has 1 aliphatic rings. The van der Waals surface area contributed by atoms with Gasteiger partial charge in [0.1, 0.15) is 24.1 Å². The average molecular weight is 416 g/mol. The second-order valence-corrected chi connectivity index (χ2v) is 8.11. The number of rotatable bonds is 9. The van der Waals surface area contributed by atoms with Crippen LogP contribution in [0.3, 0.4) is 0 Å². The van der Waals surface area contributed by atoms with E-state index in [1.807, 2.05) is 65.4 Å². The molecule has 0 amide bonds. The van der Waals surface area contributed by atoms with Crippen LogP contribution in [0.15, 0.2) is 60.8 Å². The lowest BCUT2D eigenvalue weighted by molar-refractivity contribution is -0.0111. The Morgan fingerprint density at radius 1 is 1.10 bits per heavy atom. The Morgan fingerprint density at radius 2 is 1.84 bits per heavy atom. The molecule has 0 bridgehead atoms. The molecule has 0 radical (unpaired) electrons. The second-order valence-electron chi connectivity index (χ2n) is 8.11. The van der Waals surface area contributed by atoms with E-state index in [9.17, 15) is 5.26 Å². The molecule has 1 aliphatic carbocycles. The van der Waals surface area contributed by atoms with Gasteiger partial charge in [-0.15, -0.1) is 0 Å². The lowest BCUT2D eigenvalue weighted by Crippen LogP contribution is -2.30. The Bertz CT molecular complexity index is 1030. The number of hydrogen-bond donors (Lipinski definition) is 1. The monoisotopic (exact) mass is 415 g/mol. The molecule has 0 saturated heterocycles. The summed E-state index contributed by atoms with van der Waals surface area (Å²) in [6.07, 6.45) is 6.51. The summed E-state index contributed by atoms with van der Waals surface area (Å²) in [5, 5.41) is 9.71. The van der Waals surface area contributed by atoms with Crippen molar-refractivity contribution in [3.63, 3.8) is 0 Å². The van der Waals surface area contributed by atoms with Crippen LogP contribution < -0.4 is 10.5 Å². The molecule has 5 nitrogen and oxygen atoms in total. The first-order valence-corrected chi connectivity index (χ1v) is 11.0. The van der Waals surface area contributed by atoms with Crippen molar-refractivity contribution < 1.29 is 9.47 Å². The van der Waals surface area contributed by atoms with Gasteiger partial charge in [0.15, 0.2) is 0 Å². The molecule has 3 aromatic rings. The van der Waals surface area contributed by atoms with E-state index in [0.717, 1.165) is 54.9 Å². The van der Waals surface area contributed by atoms with Gasteiger partial charge in [-0.25, -0.2) is 0 Å². The minimum atomic E-state index is 0.311. The summed E-state index contributed by atoms with van der Waals surface area (Å²) in [6.45, 7) is 3.52. The fraction of sp³-hybridized carbons (Fsp3) is 0.346. The summed E-state index contributed by atoms with van der Waals surface area (Å²) >= 11 is 0. The van der Waals surface area contributed by atoms with Gasteiger partial charge in [0, 0.05) is 18.5 Å². The zero-order chi connectivity index (χ0) is 21.6. The van der Waals surface area contributed by atoms with Crippen molar-refractivity contribution >= 4 is 5.69 Å². The van der Waals surface area contributed by atoms with Crippen LogP contribution in [-0.2, 0) is 11.3 Å². The second kappa shape index (κ2) is 9.72. The molecule has 0 unspecified atom stereocenters. The maximum Gasteiger partial charge on any atom is 0.148 e.